The summed E-state index contributed by atoms with van der Waals surface area (Å²) in [6.07, 6.45) is 0. The second-order valence-electron chi connectivity index (χ2n) is 3.99. The second-order valence-corrected chi connectivity index (χ2v) is 7.02. The van der Waals surface area contributed by atoms with E-state index in [0.29, 0.717) is 0 Å². The van der Waals surface area contributed by atoms with Crippen molar-refractivity contribution in [1.29, 1.82) is 0 Å². The quantitative estimate of drug-likeness (QED) is 0.737. The summed E-state index contributed by atoms with van der Waals surface area (Å²) in [5, 5.41) is 4.23. The van der Waals surface area contributed by atoms with Crippen molar-refractivity contribution in [2.24, 2.45) is 0 Å². The lowest BCUT2D eigenvalue weighted by Gasteiger charge is -2.13. The zero-order chi connectivity index (χ0) is 13.1. The molecule has 1 nitrogen and oxygen atoms in total. The number of hydrogen-bond donors (Lipinski definition) is 1. The molecule has 0 saturated heterocycles. The summed E-state index contributed by atoms with van der Waals surface area (Å²) >= 11 is 16.9. The van der Waals surface area contributed by atoms with Crippen LogP contribution in [-0.2, 0) is 6.54 Å². The van der Waals surface area contributed by atoms with Gasteiger partial charge in [0.1, 0.15) is 4.34 Å². The first-order valence-electron chi connectivity index (χ1n) is 5.49. The molecule has 0 radical (unpaired) electrons. The maximum absolute atomic E-state index is 6.01. The van der Waals surface area contributed by atoms with E-state index in [1.165, 1.54) is 10.4 Å². The molecule has 1 aromatic heterocycles. The van der Waals surface area contributed by atoms with Crippen LogP contribution >= 0.6 is 50.5 Å². The Morgan fingerprint density at radius 3 is 2.50 bits per heavy atom. The Balaban J connectivity index is 1.95. The smallest absolute Gasteiger partial charge is 0.107 e. The van der Waals surface area contributed by atoms with Gasteiger partial charge < -0.3 is 5.32 Å². The van der Waals surface area contributed by atoms with Crippen LogP contribution in [0.15, 0.2) is 34.8 Å². The van der Waals surface area contributed by atoms with Gasteiger partial charge in [-0.15, -0.1) is 11.3 Å². The summed E-state index contributed by atoms with van der Waals surface area (Å²) < 4.78 is 1.76. The van der Waals surface area contributed by atoms with Crippen LogP contribution in [0.2, 0.25) is 9.36 Å². The summed E-state index contributed by atoms with van der Waals surface area (Å²) in [6.45, 7) is 2.94. The van der Waals surface area contributed by atoms with Crippen molar-refractivity contribution >= 4 is 50.5 Å². The van der Waals surface area contributed by atoms with E-state index in [1.54, 1.807) is 11.3 Å². The minimum atomic E-state index is 0.280. The lowest BCUT2D eigenvalue weighted by Crippen LogP contribution is -2.17. The first-order chi connectivity index (χ1) is 8.56. The Morgan fingerprint density at radius 2 is 1.94 bits per heavy atom. The maximum Gasteiger partial charge on any atom is 0.107 e. The molecular weight excluding hydrogens is 353 g/mol. The second kappa shape index (κ2) is 6.40. The van der Waals surface area contributed by atoms with Crippen LogP contribution in [0.5, 0.6) is 0 Å². The molecule has 18 heavy (non-hydrogen) atoms. The molecule has 1 aromatic carbocycles. The fraction of sp³-hybridized carbons (Fsp3) is 0.231. The fourth-order valence-corrected chi connectivity index (χ4v) is 3.47. The number of hydrogen-bond acceptors (Lipinski definition) is 2. The first-order valence-corrected chi connectivity index (χ1v) is 7.85. The number of halogens is 3. The van der Waals surface area contributed by atoms with Crippen molar-refractivity contribution in [2.45, 2.75) is 19.5 Å². The van der Waals surface area contributed by atoms with Gasteiger partial charge in [-0.2, -0.15) is 0 Å². The Kier molecular flexibility index (Phi) is 5.10. The number of rotatable bonds is 4. The molecule has 0 aliphatic heterocycles. The van der Waals surface area contributed by atoms with Crippen molar-refractivity contribution < 1.29 is 0 Å². The molecule has 0 bridgehead atoms. The fourth-order valence-electron chi connectivity index (χ4n) is 1.60. The molecule has 96 valence electrons. The number of thiophene rings is 1. The van der Waals surface area contributed by atoms with Crippen LogP contribution < -0.4 is 5.32 Å². The molecule has 1 N–H and O–H groups in total. The number of nitrogens with one attached hydrogen (secondary N) is 1. The third kappa shape index (κ3) is 3.72. The molecule has 2 rings (SSSR count). The molecule has 1 unspecified atom stereocenters. The van der Waals surface area contributed by atoms with Crippen molar-refractivity contribution in [3.05, 3.63) is 54.6 Å². The van der Waals surface area contributed by atoms with Gasteiger partial charge in [0.25, 0.3) is 0 Å². The van der Waals surface area contributed by atoms with Crippen LogP contribution in [-0.4, -0.2) is 0 Å². The number of benzene rings is 1. The largest absolute Gasteiger partial charge is 0.305 e. The molecule has 0 aliphatic rings. The molecule has 0 fully saturated rings. The minimum absolute atomic E-state index is 0.280. The molecule has 0 aliphatic carbocycles. The standard InChI is InChI=1S/C13H12BrCl2NS/c1-8(9-2-4-10(15)5-3-9)17-7-11-6-12(14)13(16)18-11/h2-6,8,17H,7H2,1H3. The van der Waals surface area contributed by atoms with Gasteiger partial charge in [0.05, 0.1) is 0 Å². The van der Waals surface area contributed by atoms with E-state index < -0.39 is 0 Å². The zero-order valence-electron chi connectivity index (χ0n) is 9.71. The topological polar surface area (TPSA) is 12.0 Å². The van der Waals surface area contributed by atoms with Gasteiger partial charge in [0.15, 0.2) is 0 Å². The van der Waals surface area contributed by atoms with Gasteiger partial charge >= 0.3 is 0 Å². The predicted octanol–water partition coefficient (Wildman–Crippen LogP) is 5.67. The average Bonchev–Trinajstić information content (AvgIpc) is 2.67. The highest BCUT2D eigenvalue weighted by Crippen LogP contribution is 2.32. The molecule has 0 amide bonds. The normalized spacial score (nSPS) is 12.7. The third-order valence-corrected chi connectivity index (χ3v) is 5.38. The molecule has 1 heterocycles. The van der Waals surface area contributed by atoms with Crippen molar-refractivity contribution in [3.8, 4) is 0 Å². The summed E-state index contributed by atoms with van der Waals surface area (Å²) in [5.74, 6) is 0. The van der Waals surface area contributed by atoms with Crippen molar-refractivity contribution in [3.63, 3.8) is 0 Å². The van der Waals surface area contributed by atoms with Gasteiger partial charge in [-0.25, -0.2) is 0 Å². The zero-order valence-corrected chi connectivity index (χ0v) is 13.6. The molecular formula is C13H12BrCl2NS. The molecule has 0 saturated carbocycles. The molecule has 0 spiro atoms. The molecule has 2 aromatic rings. The average molecular weight is 365 g/mol. The highest BCUT2D eigenvalue weighted by molar-refractivity contribution is 9.10. The minimum Gasteiger partial charge on any atom is -0.305 e. The Morgan fingerprint density at radius 1 is 1.28 bits per heavy atom. The predicted molar refractivity (Wildman–Crippen MR) is 83.7 cm³/mol. The third-order valence-electron chi connectivity index (χ3n) is 2.65. The van der Waals surface area contributed by atoms with Crippen LogP contribution in [0, 0.1) is 0 Å². The molecule has 5 heteroatoms. The Labute approximate surface area is 129 Å². The van der Waals surface area contributed by atoms with E-state index in [0.717, 1.165) is 20.4 Å². The summed E-state index contributed by atoms with van der Waals surface area (Å²) in [5.41, 5.74) is 1.22. The highest BCUT2D eigenvalue weighted by Gasteiger charge is 2.08. The van der Waals surface area contributed by atoms with Crippen LogP contribution in [0.25, 0.3) is 0 Å². The van der Waals surface area contributed by atoms with Gasteiger partial charge in [0.2, 0.25) is 0 Å². The maximum atomic E-state index is 6.01. The van der Waals surface area contributed by atoms with Gasteiger partial charge in [-0.05, 0) is 46.6 Å². The van der Waals surface area contributed by atoms with E-state index in [-0.39, 0.29) is 6.04 Å². The summed E-state index contributed by atoms with van der Waals surface area (Å²) in [7, 11) is 0. The summed E-state index contributed by atoms with van der Waals surface area (Å²) in [4.78, 5) is 1.22. The monoisotopic (exact) mass is 363 g/mol. The lowest BCUT2D eigenvalue weighted by molar-refractivity contribution is 0.579. The van der Waals surface area contributed by atoms with E-state index in [4.69, 9.17) is 23.2 Å². The molecule has 1 atom stereocenters. The SMILES string of the molecule is CC(NCc1cc(Br)c(Cl)s1)c1ccc(Cl)cc1. The highest BCUT2D eigenvalue weighted by atomic mass is 79.9. The Hall–Kier alpha value is -0.0600. The van der Waals surface area contributed by atoms with Crippen LogP contribution in [0.3, 0.4) is 0 Å². The Bertz CT molecular complexity index is 505. The van der Waals surface area contributed by atoms with E-state index in [2.05, 4.69) is 34.2 Å². The van der Waals surface area contributed by atoms with Crippen LogP contribution in [0.4, 0.5) is 0 Å². The lowest BCUT2D eigenvalue weighted by atomic mass is 10.1. The van der Waals surface area contributed by atoms with Crippen molar-refractivity contribution in [1.82, 2.24) is 5.32 Å². The van der Waals surface area contributed by atoms with Gasteiger partial charge in [-0.3, -0.25) is 0 Å². The van der Waals surface area contributed by atoms with Gasteiger partial charge in [0, 0.05) is 27.0 Å². The van der Waals surface area contributed by atoms with Crippen LogP contribution in [0.1, 0.15) is 23.4 Å². The van der Waals surface area contributed by atoms with E-state index in [1.807, 2.05) is 24.3 Å². The van der Waals surface area contributed by atoms with E-state index >= 15 is 0 Å². The first kappa shape index (κ1) is 14.4. The summed E-state index contributed by atoms with van der Waals surface area (Å²) in [6, 6.07) is 10.2. The van der Waals surface area contributed by atoms with E-state index in [9.17, 15) is 0 Å². The van der Waals surface area contributed by atoms with Gasteiger partial charge in [-0.1, -0.05) is 35.3 Å². The van der Waals surface area contributed by atoms with Crippen molar-refractivity contribution in [2.75, 3.05) is 0 Å².